The Morgan fingerprint density at radius 1 is 0.392 bits per heavy atom. The predicted octanol–water partition coefficient (Wildman–Crippen LogP) is 12.5. The highest BCUT2D eigenvalue weighted by Gasteiger charge is 2.47. The molecule has 0 aliphatic carbocycles. The van der Waals surface area contributed by atoms with Crippen LogP contribution in [0.25, 0.3) is 0 Å². The second-order valence-electron chi connectivity index (χ2n) is 23.3. The molecular formula is C64H120O15. The van der Waals surface area contributed by atoms with E-state index < -0.39 is 92.7 Å². The van der Waals surface area contributed by atoms with Crippen molar-refractivity contribution in [2.24, 2.45) is 0 Å². The number of unbranched alkanes of at least 4 members (excludes halogenated alkanes) is 38. The lowest BCUT2D eigenvalue weighted by atomic mass is 9.98. The van der Waals surface area contributed by atoms with E-state index in [2.05, 4.69) is 26.0 Å². The van der Waals surface area contributed by atoms with E-state index in [9.17, 15) is 45.3 Å². The predicted molar refractivity (Wildman–Crippen MR) is 312 cm³/mol. The molecule has 15 heteroatoms. The zero-order valence-corrected chi connectivity index (χ0v) is 50.1. The molecule has 0 bridgehead atoms. The summed E-state index contributed by atoms with van der Waals surface area (Å²) in [6.07, 6.45) is 39.5. The lowest BCUT2D eigenvalue weighted by Gasteiger charge is -2.42. The molecule has 79 heavy (non-hydrogen) atoms. The lowest BCUT2D eigenvalue weighted by molar-refractivity contribution is -0.332. The van der Waals surface area contributed by atoms with E-state index >= 15 is 0 Å². The van der Waals surface area contributed by atoms with Crippen molar-refractivity contribution in [3.63, 3.8) is 0 Å². The van der Waals surface area contributed by atoms with E-state index in [1.54, 1.807) is 0 Å². The topological polar surface area (TPSA) is 231 Å². The summed E-state index contributed by atoms with van der Waals surface area (Å²) < 4.78 is 33.8. The van der Waals surface area contributed by atoms with Gasteiger partial charge < -0.3 is 64.2 Å². The molecule has 15 nitrogen and oxygen atoms in total. The van der Waals surface area contributed by atoms with Crippen molar-refractivity contribution in [3.05, 3.63) is 12.2 Å². The SMILES string of the molecule is CCCCCCCCCC/C=C\CCCCCCCCCCCCCC(=O)OC(COC(=O)CCCCCCCCCCCCCCCCCCCCCC)COC1OC(COC2OC(CO)C(O)C(O)C2O)C(O)C(O)C1O. The van der Waals surface area contributed by atoms with Gasteiger partial charge >= 0.3 is 11.9 Å². The van der Waals surface area contributed by atoms with Gasteiger partial charge in [0.05, 0.1) is 19.8 Å². The molecular weight excluding hydrogens is 1010 g/mol. The molecule has 2 aliphatic heterocycles. The number of carbonyl (C=O) groups is 2. The summed E-state index contributed by atoms with van der Waals surface area (Å²) in [5, 5.41) is 72.5. The van der Waals surface area contributed by atoms with Gasteiger partial charge in [-0.05, 0) is 38.5 Å². The first-order valence-corrected chi connectivity index (χ1v) is 32.8. The van der Waals surface area contributed by atoms with Gasteiger partial charge in [0.25, 0.3) is 0 Å². The molecule has 0 amide bonds. The van der Waals surface area contributed by atoms with Crippen LogP contribution in [0.15, 0.2) is 12.2 Å². The maximum absolute atomic E-state index is 13.1. The summed E-state index contributed by atoms with van der Waals surface area (Å²) in [5.74, 6) is -0.905. The summed E-state index contributed by atoms with van der Waals surface area (Å²) in [6.45, 7) is 2.67. The standard InChI is InChI=1S/C64H120O15/c1-3-5-7-9-11-13-15-17-19-21-23-25-26-27-29-31-33-35-37-39-41-43-45-47-56(67)77-52(49-74-55(66)46-44-42-40-38-36-34-32-30-28-24-22-20-18-16-14-12-10-8-6-4-2)50-75-63-62(73)60(71)58(69)54(79-63)51-76-64-61(72)59(70)57(68)53(48-65)78-64/h21,23,52-54,57-65,68-73H,3-20,22,24-51H2,1-2H3/b23-21-. The van der Waals surface area contributed by atoms with Gasteiger partial charge in [-0.1, -0.05) is 251 Å². The number of aliphatic hydroxyl groups excluding tert-OH is 7. The van der Waals surface area contributed by atoms with Crippen LogP contribution in [0.2, 0.25) is 0 Å². The Balaban J connectivity index is 1.69. The van der Waals surface area contributed by atoms with Crippen molar-refractivity contribution in [1.29, 1.82) is 0 Å². The van der Waals surface area contributed by atoms with Crippen LogP contribution in [0.1, 0.15) is 290 Å². The molecule has 0 radical (unpaired) electrons. The van der Waals surface area contributed by atoms with Crippen LogP contribution in [-0.2, 0) is 38.0 Å². The summed E-state index contributed by atoms with van der Waals surface area (Å²) in [7, 11) is 0. The first kappa shape index (κ1) is 73.3. The molecule has 7 N–H and O–H groups in total. The Hall–Kier alpha value is -1.76. The quantitative estimate of drug-likeness (QED) is 0.0171. The second-order valence-corrected chi connectivity index (χ2v) is 23.3. The van der Waals surface area contributed by atoms with E-state index in [-0.39, 0.29) is 26.1 Å². The summed E-state index contributed by atoms with van der Waals surface area (Å²) in [5.41, 5.74) is 0. The fraction of sp³-hybridized carbons (Fsp3) is 0.938. The van der Waals surface area contributed by atoms with Gasteiger partial charge in [0.15, 0.2) is 18.7 Å². The van der Waals surface area contributed by atoms with Gasteiger partial charge in [-0.3, -0.25) is 9.59 Å². The Morgan fingerprint density at radius 2 is 0.722 bits per heavy atom. The van der Waals surface area contributed by atoms with Gasteiger partial charge in [0.2, 0.25) is 0 Å². The molecule has 2 aliphatic rings. The third-order valence-corrected chi connectivity index (χ3v) is 16.0. The Kier molecular flexibility index (Phi) is 47.1. The third-order valence-electron chi connectivity index (χ3n) is 16.0. The van der Waals surface area contributed by atoms with Crippen LogP contribution in [0, 0.1) is 0 Å². The number of hydrogen-bond donors (Lipinski definition) is 7. The number of esters is 2. The number of carbonyl (C=O) groups excluding carboxylic acids is 2. The summed E-state index contributed by atoms with van der Waals surface area (Å²) in [6, 6.07) is 0. The molecule has 0 spiro atoms. The Morgan fingerprint density at radius 3 is 1.11 bits per heavy atom. The number of aliphatic hydroxyl groups is 7. The molecule has 0 aromatic rings. The van der Waals surface area contributed by atoms with Crippen molar-refractivity contribution in [2.75, 3.05) is 26.4 Å². The van der Waals surface area contributed by atoms with Gasteiger partial charge in [0.1, 0.15) is 55.4 Å². The summed E-state index contributed by atoms with van der Waals surface area (Å²) >= 11 is 0. The van der Waals surface area contributed by atoms with Crippen LogP contribution < -0.4 is 0 Å². The van der Waals surface area contributed by atoms with Crippen molar-refractivity contribution in [2.45, 2.75) is 357 Å². The van der Waals surface area contributed by atoms with Crippen LogP contribution in [0.5, 0.6) is 0 Å². The first-order chi connectivity index (χ1) is 38.5. The van der Waals surface area contributed by atoms with Crippen molar-refractivity contribution >= 4 is 11.9 Å². The van der Waals surface area contributed by atoms with Gasteiger partial charge in [-0.25, -0.2) is 0 Å². The maximum atomic E-state index is 13.1. The monoisotopic (exact) mass is 1130 g/mol. The molecule has 0 aromatic carbocycles. The van der Waals surface area contributed by atoms with Crippen molar-refractivity contribution in [1.82, 2.24) is 0 Å². The Bertz CT molecular complexity index is 1420. The van der Waals surface area contributed by atoms with Crippen LogP contribution >= 0.6 is 0 Å². The minimum atomic E-state index is -1.76. The van der Waals surface area contributed by atoms with Gasteiger partial charge in [-0.2, -0.15) is 0 Å². The largest absolute Gasteiger partial charge is 0.462 e. The molecule has 0 aromatic heterocycles. The van der Waals surface area contributed by atoms with Crippen LogP contribution in [0.4, 0.5) is 0 Å². The normalized spacial score (nSPS) is 23.9. The number of allylic oxidation sites excluding steroid dienone is 2. The average molecular weight is 1130 g/mol. The number of rotatable bonds is 54. The maximum Gasteiger partial charge on any atom is 0.306 e. The van der Waals surface area contributed by atoms with E-state index in [4.69, 9.17) is 28.4 Å². The highest BCUT2D eigenvalue weighted by molar-refractivity contribution is 5.70. The molecule has 11 atom stereocenters. The molecule has 2 saturated heterocycles. The number of hydrogen-bond acceptors (Lipinski definition) is 15. The van der Waals surface area contributed by atoms with Crippen molar-refractivity contribution < 1.29 is 73.8 Å². The number of ether oxygens (including phenoxy) is 6. The molecule has 2 rings (SSSR count). The smallest absolute Gasteiger partial charge is 0.306 e. The molecule has 11 unspecified atom stereocenters. The lowest BCUT2D eigenvalue weighted by Crippen LogP contribution is -2.61. The van der Waals surface area contributed by atoms with E-state index in [0.29, 0.717) is 12.8 Å². The minimum Gasteiger partial charge on any atom is -0.462 e. The van der Waals surface area contributed by atoms with Gasteiger partial charge in [-0.15, -0.1) is 0 Å². The first-order valence-electron chi connectivity index (χ1n) is 32.8. The fourth-order valence-electron chi connectivity index (χ4n) is 10.7. The Labute approximate surface area is 480 Å². The fourth-order valence-corrected chi connectivity index (χ4v) is 10.7. The van der Waals surface area contributed by atoms with E-state index in [1.807, 2.05) is 0 Å². The van der Waals surface area contributed by atoms with E-state index in [1.165, 1.54) is 212 Å². The zero-order valence-electron chi connectivity index (χ0n) is 50.1. The third kappa shape index (κ3) is 37.2. The van der Waals surface area contributed by atoms with Gasteiger partial charge in [0, 0.05) is 12.8 Å². The molecule has 2 fully saturated rings. The highest BCUT2D eigenvalue weighted by atomic mass is 16.7. The highest BCUT2D eigenvalue weighted by Crippen LogP contribution is 2.27. The van der Waals surface area contributed by atoms with E-state index in [0.717, 1.165) is 38.5 Å². The molecule has 0 saturated carbocycles. The molecule has 466 valence electrons. The van der Waals surface area contributed by atoms with Crippen LogP contribution in [-0.4, -0.2) is 142 Å². The minimum absolute atomic E-state index is 0.170. The molecule has 2 heterocycles. The van der Waals surface area contributed by atoms with Crippen LogP contribution in [0.3, 0.4) is 0 Å². The second kappa shape index (κ2) is 50.7. The summed E-state index contributed by atoms with van der Waals surface area (Å²) in [4.78, 5) is 26.0. The average Bonchev–Trinajstić information content (AvgIpc) is 3.53. The zero-order chi connectivity index (χ0) is 57.4. The van der Waals surface area contributed by atoms with Crippen molar-refractivity contribution in [3.8, 4) is 0 Å².